The Kier molecular flexibility index (Phi) is 5.85. The van der Waals surface area contributed by atoms with Crippen molar-refractivity contribution >= 4 is 11.6 Å². The minimum absolute atomic E-state index is 0.233. The Hall–Kier alpha value is -2.17. The molecule has 0 radical (unpaired) electrons. The van der Waals surface area contributed by atoms with Gasteiger partial charge in [0.2, 0.25) is 5.91 Å². The summed E-state index contributed by atoms with van der Waals surface area (Å²) >= 11 is 0. The zero-order valence-electron chi connectivity index (χ0n) is 15.8. The number of carbonyl (C=O) groups excluding carboxylic acids is 1. The average molecular weight is 364 g/mol. The summed E-state index contributed by atoms with van der Waals surface area (Å²) in [5, 5.41) is 0. The molecule has 4 heteroatoms. The first-order valence-electron chi connectivity index (χ1n) is 10.0. The van der Waals surface area contributed by atoms with Crippen molar-refractivity contribution in [2.75, 3.05) is 44.3 Å². The van der Waals surface area contributed by atoms with Gasteiger partial charge in [-0.2, -0.15) is 0 Å². The summed E-state index contributed by atoms with van der Waals surface area (Å²) in [6, 6.07) is 18.7. The number of para-hydroxylation sites is 1. The first-order chi connectivity index (χ1) is 13.3. The summed E-state index contributed by atoms with van der Waals surface area (Å²) in [4.78, 5) is 17.6. The summed E-state index contributed by atoms with van der Waals surface area (Å²) in [7, 11) is 0. The zero-order chi connectivity index (χ0) is 18.5. The molecule has 1 aliphatic heterocycles. The highest BCUT2D eigenvalue weighted by molar-refractivity contribution is 5.94. The molecule has 1 saturated heterocycles. The van der Waals surface area contributed by atoms with Gasteiger partial charge >= 0.3 is 0 Å². The molecule has 27 heavy (non-hydrogen) atoms. The topological polar surface area (TPSA) is 32.8 Å². The first kappa shape index (κ1) is 18.2. The third kappa shape index (κ3) is 4.40. The quantitative estimate of drug-likeness (QED) is 0.787. The Morgan fingerprint density at radius 2 is 1.78 bits per heavy atom. The fourth-order valence-electron chi connectivity index (χ4n) is 4.25. The van der Waals surface area contributed by atoms with Crippen molar-refractivity contribution in [2.45, 2.75) is 25.2 Å². The maximum atomic E-state index is 13.3. The summed E-state index contributed by atoms with van der Waals surface area (Å²) in [6.45, 7) is 5.11. The van der Waals surface area contributed by atoms with E-state index in [2.05, 4.69) is 29.2 Å². The van der Waals surface area contributed by atoms with Gasteiger partial charge in [0, 0.05) is 38.3 Å². The zero-order valence-corrected chi connectivity index (χ0v) is 15.8. The molecule has 1 aliphatic carbocycles. The normalized spacial score (nSPS) is 19.6. The number of anilines is 1. The third-order valence-electron chi connectivity index (χ3n) is 5.79. The minimum Gasteiger partial charge on any atom is -0.379 e. The van der Waals surface area contributed by atoms with E-state index in [1.54, 1.807) is 0 Å². The molecule has 142 valence electrons. The van der Waals surface area contributed by atoms with Crippen molar-refractivity contribution in [1.29, 1.82) is 0 Å². The molecule has 1 unspecified atom stereocenters. The third-order valence-corrected chi connectivity index (χ3v) is 5.79. The summed E-state index contributed by atoms with van der Waals surface area (Å²) in [5.74, 6) is 0.583. The lowest BCUT2D eigenvalue weighted by molar-refractivity contribution is -0.119. The molecule has 0 aromatic heterocycles. The molecular formula is C23H28N2O2. The highest BCUT2D eigenvalue weighted by Gasteiger charge is 2.27. The van der Waals surface area contributed by atoms with Crippen LogP contribution >= 0.6 is 0 Å². The second-order valence-corrected chi connectivity index (χ2v) is 7.47. The summed E-state index contributed by atoms with van der Waals surface area (Å²) in [6.07, 6.45) is 2.76. The van der Waals surface area contributed by atoms with Crippen molar-refractivity contribution in [3.05, 3.63) is 65.7 Å². The number of nitrogens with zero attached hydrogens (tertiary/aromatic N) is 2. The Bertz CT molecular complexity index is 756. The second kappa shape index (κ2) is 8.68. The Balaban J connectivity index is 1.45. The van der Waals surface area contributed by atoms with E-state index in [4.69, 9.17) is 4.74 Å². The maximum Gasteiger partial charge on any atom is 0.227 e. The fraction of sp³-hybridized carbons (Fsp3) is 0.435. The number of hydrogen-bond donors (Lipinski definition) is 0. The van der Waals surface area contributed by atoms with Gasteiger partial charge in [0.25, 0.3) is 0 Å². The van der Waals surface area contributed by atoms with Crippen LogP contribution in [0.4, 0.5) is 5.69 Å². The Morgan fingerprint density at radius 1 is 1.04 bits per heavy atom. The van der Waals surface area contributed by atoms with E-state index in [9.17, 15) is 4.79 Å². The number of rotatable bonds is 6. The van der Waals surface area contributed by atoms with Crippen molar-refractivity contribution in [1.82, 2.24) is 4.90 Å². The molecule has 0 spiro atoms. The van der Waals surface area contributed by atoms with E-state index < -0.39 is 0 Å². The van der Waals surface area contributed by atoms with E-state index in [-0.39, 0.29) is 5.91 Å². The van der Waals surface area contributed by atoms with Crippen LogP contribution in [0.5, 0.6) is 0 Å². The van der Waals surface area contributed by atoms with Gasteiger partial charge in [0.15, 0.2) is 0 Å². The van der Waals surface area contributed by atoms with Crippen LogP contribution in [0.1, 0.15) is 29.9 Å². The molecule has 1 amide bonds. The van der Waals surface area contributed by atoms with Crippen LogP contribution in [0.25, 0.3) is 0 Å². The number of morpholine rings is 1. The van der Waals surface area contributed by atoms with Gasteiger partial charge in [-0.3, -0.25) is 9.69 Å². The number of aryl methyl sites for hydroxylation is 1. The summed E-state index contributed by atoms with van der Waals surface area (Å²) in [5.41, 5.74) is 3.78. The smallest absolute Gasteiger partial charge is 0.227 e. The average Bonchev–Trinajstić information content (AvgIpc) is 3.13. The highest BCUT2D eigenvalue weighted by atomic mass is 16.5. The van der Waals surface area contributed by atoms with E-state index in [0.29, 0.717) is 12.3 Å². The predicted octanol–water partition coefficient (Wildman–Crippen LogP) is 3.47. The molecule has 4 nitrogen and oxygen atoms in total. The second-order valence-electron chi connectivity index (χ2n) is 7.47. The van der Waals surface area contributed by atoms with Crippen LogP contribution in [0.3, 0.4) is 0 Å². The fourth-order valence-corrected chi connectivity index (χ4v) is 4.25. The van der Waals surface area contributed by atoms with Crippen LogP contribution < -0.4 is 4.90 Å². The molecule has 2 aromatic carbocycles. The minimum atomic E-state index is 0.233. The van der Waals surface area contributed by atoms with Crippen LogP contribution in [0.2, 0.25) is 0 Å². The molecule has 1 atom stereocenters. The number of hydrogen-bond acceptors (Lipinski definition) is 3. The Morgan fingerprint density at radius 3 is 2.59 bits per heavy atom. The van der Waals surface area contributed by atoms with Crippen LogP contribution in [-0.4, -0.2) is 50.2 Å². The lowest BCUT2D eigenvalue weighted by atomic mass is 9.97. The van der Waals surface area contributed by atoms with Crippen LogP contribution in [0, 0.1) is 0 Å². The number of fused-ring (bicyclic) bond motifs is 1. The van der Waals surface area contributed by atoms with Crippen molar-refractivity contribution in [3.63, 3.8) is 0 Å². The number of amides is 1. The van der Waals surface area contributed by atoms with Crippen LogP contribution in [-0.2, 0) is 16.0 Å². The standard InChI is InChI=1S/C23H28N2O2/c26-23(18-20-11-10-19-6-4-5-9-22(19)20)25(21-7-2-1-3-8-21)13-12-24-14-16-27-17-15-24/h1-9,20H,10-18H2. The van der Waals surface area contributed by atoms with Crippen molar-refractivity contribution < 1.29 is 9.53 Å². The van der Waals surface area contributed by atoms with Gasteiger partial charge in [0.05, 0.1) is 13.2 Å². The summed E-state index contributed by atoms with van der Waals surface area (Å²) < 4.78 is 5.44. The predicted molar refractivity (Wildman–Crippen MR) is 108 cm³/mol. The van der Waals surface area contributed by atoms with Gasteiger partial charge in [-0.25, -0.2) is 0 Å². The molecule has 4 rings (SSSR count). The molecule has 1 heterocycles. The molecule has 0 saturated carbocycles. The van der Waals surface area contributed by atoms with Gasteiger partial charge in [-0.05, 0) is 42.0 Å². The number of ether oxygens (including phenoxy) is 1. The Labute approximate surface area is 161 Å². The van der Waals surface area contributed by atoms with Crippen LogP contribution in [0.15, 0.2) is 54.6 Å². The molecule has 2 aromatic rings. The molecule has 0 bridgehead atoms. The number of benzene rings is 2. The van der Waals surface area contributed by atoms with Gasteiger partial charge in [-0.15, -0.1) is 0 Å². The first-order valence-corrected chi connectivity index (χ1v) is 10.0. The maximum absolute atomic E-state index is 13.3. The van der Waals surface area contributed by atoms with E-state index in [1.807, 2.05) is 35.2 Å². The van der Waals surface area contributed by atoms with E-state index in [0.717, 1.165) is 57.9 Å². The number of carbonyl (C=O) groups is 1. The largest absolute Gasteiger partial charge is 0.379 e. The van der Waals surface area contributed by atoms with Gasteiger partial charge in [-0.1, -0.05) is 42.5 Å². The monoisotopic (exact) mass is 364 g/mol. The molecule has 2 aliphatic rings. The van der Waals surface area contributed by atoms with Crippen molar-refractivity contribution in [2.24, 2.45) is 0 Å². The van der Waals surface area contributed by atoms with E-state index in [1.165, 1.54) is 11.1 Å². The van der Waals surface area contributed by atoms with Crippen molar-refractivity contribution in [3.8, 4) is 0 Å². The lowest BCUT2D eigenvalue weighted by Crippen LogP contribution is -2.43. The molecule has 1 fully saturated rings. The SMILES string of the molecule is O=C(CC1CCc2ccccc21)N(CCN1CCOCC1)c1ccccc1. The highest BCUT2D eigenvalue weighted by Crippen LogP contribution is 2.36. The molecular weight excluding hydrogens is 336 g/mol. The van der Waals surface area contributed by atoms with Gasteiger partial charge < -0.3 is 9.64 Å². The molecule has 0 N–H and O–H groups in total. The lowest BCUT2D eigenvalue weighted by Gasteiger charge is -2.30. The van der Waals surface area contributed by atoms with E-state index >= 15 is 0 Å². The van der Waals surface area contributed by atoms with Gasteiger partial charge in [0.1, 0.15) is 0 Å².